The van der Waals surface area contributed by atoms with Crippen molar-refractivity contribution in [3.05, 3.63) is 0 Å². The monoisotopic (exact) mass is 170 g/mol. The Morgan fingerprint density at radius 1 is 1.17 bits per heavy atom. The summed E-state index contributed by atoms with van der Waals surface area (Å²) in [7, 11) is 0. The topological polar surface area (TPSA) is 17.1 Å². The predicted octanol–water partition coefficient (Wildman–Crippen LogP) is 3.57. The third-order valence-electron chi connectivity index (χ3n) is 2.69. The summed E-state index contributed by atoms with van der Waals surface area (Å²) in [5.74, 6) is 0. The molecule has 0 N–H and O–H groups in total. The van der Waals surface area contributed by atoms with E-state index < -0.39 is 0 Å². The van der Waals surface area contributed by atoms with Crippen molar-refractivity contribution in [1.29, 1.82) is 0 Å². The van der Waals surface area contributed by atoms with E-state index in [0.717, 1.165) is 19.1 Å². The maximum Gasteiger partial charge on any atom is 0.125 e. The fourth-order valence-corrected chi connectivity index (χ4v) is 1.27. The minimum absolute atomic E-state index is 0.0479. The van der Waals surface area contributed by atoms with Gasteiger partial charge < -0.3 is 4.79 Å². The van der Waals surface area contributed by atoms with Crippen LogP contribution in [0.1, 0.15) is 59.3 Å². The van der Waals surface area contributed by atoms with Gasteiger partial charge in [0, 0.05) is 5.41 Å². The molecule has 1 atom stereocenters. The van der Waals surface area contributed by atoms with Crippen LogP contribution in [0.2, 0.25) is 0 Å². The zero-order valence-electron chi connectivity index (χ0n) is 8.73. The van der Waals surface area contributed by atoms with E-state index in [-0.39, 0.29) is 5.41 Å². The van der Waals surface area contributed by atoms with E-state index >= 15 is 0 Å². The summed E-state index contributed by atoms with van der Waals surface area (Å²) < 4.78 is 0. The zero-order valence-corrected chi connectivity index (χ0v) is 8.73. The van der Waals surface area contributed by atoms with E-state index in [1.54, 1.807) is 0 Å². The van der Waals surface area contributed by atoms with Gasteiger partial charge in [-0.25, -0.2) is 0 Å². The highest BCUT2D eigenvalue weighted by molar-refractivity contribution is 5.58. The van der Waals surface area contributed by atoms with Crippen molar-refractivity contribution in [2.75, 3.05) is 0 Å². The van der Waals surface area contributed by atoms with Gasteiger partial charge in [-0.1, -0.05) is 46.5 Å². The largest absolute Gasteiger partial charge is 0.303 e. The Kier molecular flexibility index (Phi) is 6.04. The standard InChI is InChI=1S/C11H22O/c1-4-6-7-8-9-11(3,5-2)10-12/h10H,4-9H2,1-3H3. The molecule has 0 aliphatic rings. The first-order chi connectivity index (χ1) is 5.68. The van der Waals surface area contributed by atoms with Gasteiger partial charge in [0.2, 0.25) is 0 Å². The molecule has 0 radical (unpaired) electrons. The molecule has 0 rings (SSSR count). The lowest BCUT2D eigenvalue weighted by molar-refractivity contribution is -0.116. The van der Waals surface area contributed by atoms with E-state index in [0.29, 0.717) is 0 Å². The number of unbranched alkanes of at least 4 members (excludes halogenated alkanes) is 3. The van der Waals surface area contributed by atoms with E-state index in [1.807, 2.05) is 0 Å². The Bertz CT molecular complexity index is 120. The van der Waals surface area contributed by atoms with Crippen LogP contribution in [0, 0.1) is 5.41 Å². The van der Waals surface area contributed by atoms with Crippen LogP contribution >= 0.6 is 0 Å². The van der Waals surface area contributed by atoms with E-state index in [2.05, 4.69) is 20.8 Å². The van der Waals surface area contributed by atoms with Crippen LogP contribution in [-0.4, -0.2) is 6.29 Å². The van der Waals surface area contributed by atoms with Gasteiger partial charge in [0.25, 0.3) is 0 Å². The van der Waals surface area contributed by atoms with Crippen LogP contribution in [0.15, 0.2) is 0 Å². The third-order valence-corrected chi connectivity index (χ3v) is 2.69. The molecule has 0 fully saturated rings. The Morgan fingerprint density at radius 3 is 2.25 bits per heavy atom. The molecule has 0 aromatic rings. The first-order valence-corrected chi connectivity index (χ1v) is 5.15. The van der Waals surface area contributed by atoms with Crippen LogP contribution in [0.5, 0.6) is 0 Å². The molecule has 0 amide bonds. The molecule has 1 heteroatoms. The van der Waals surface area contributed by atoms with Gasteiger partial charge >= 0.3 is 0 Å². The molecule has 0 saturated heterocycles. The molecule has 0 aliphatic heterocycles. The molecule has 1 unspecified atom stereocenters. The maximum atomic E-state index is 10.7. The smallest absolute Gasteiger partial charge is 0.125 e. The maximum absolute atomic E-state index is 10.7. The predicted molar refractivity (Wildman–Crippen MR) is 53.2 cm³/mol. The van der Waals surface area contributed by atoms with Crippen LogP contribution in [0.25, 0.3) is 0 Å². The molecule has 0 aliphatic carbocycles. The number of aldehydes is 1. The minimum atomic E-state index is -0.0479. The quantitative estimate of drug-likeness (QED) is 0.421. The summed E-state index contributed by atoms with van der Waals surface area (Å²) in [6.07, 6.45) is 8.22. The second kappa shape index (κ2) is 6.22. The molecule has 0 aromatic carbocycles. The molecule has 0 aromatic heterocycles. The average molecular weight is 170 g/mol. The van der Waals surface area contributed by atoms with Crippen LogP contribution in [0.3, 0.4) is 0 Å². The van der Waals surface area contributed by atoms with Gasteiger partial charge in [0.1, 0.15) is 6.29 Å². The SMILES string of the molecule is CCCCCCC(C)(C=O)CC. The normalized spacial score (nSPS) is 15.6. The third kappa shape index (κ3) is 4.53. The molecule has 1 nitrogen and oxygen atoms in total. The number of carbonyl (C=O) groups is 1. The van der Waals surface area contributed by atoms with Crippen molar-refractivity contribution < 1.29 is 4.79 Å². The van der Waals surface area contributed by atoms with Crippen molar-refractivity contribution in [1.82, 2.24) is 0 Å². The summed E-state index contributed by atoms with van der Waals surface area (Å²) in [5, 5.41) is 0. The van der Waals surface area contributed by atoms with Crippen molar-refractivity contribution in [3.8, 4) is 0 Å². The Morgan fingerprint density at radius 2 is 1.83 bits per heavy atom. The Hall–Kier alpha value is -0.330. The highest BCUT2D eigenvalue weighted by Crippen LogP contribution is 2.25. The van der Waals surface area contributed by atoms with Crippen molar-refractivity contribution >= 4 is 6.29 Å². The van der Waals surface area contributed by atoms with Gasteiger partial charge in [-0.2, -0.15) is 0 Å². The van der Waals surface area contributed by atoms with Crippen LogP contribution in [0.4, 0.5) is 0 Å². The van der Waals surface area contributed by atoms with Gasteiger partial charge in [0.15, 0.2) is 0 Å². The zero-order chi connectivity index (χ0) is 9.45. The second-order valence-corrected chi connectivity index (χ2v) is 3.94. The lowest BCUT2D eigenvalue weighted by atomic mass is 9.84. The summed E-state index contributed by atoms with van der Waals surface area (Å²) in [6, 6.07) is 0. The Labute approximate surface area is 76.6 Å². The molecule has 0 saturated carbocycles. The fraction of sp³-hybridized carbons (Fsp3) is 0.909. The van der Waals surface area contributed by atoms with Crippen molar-refractivity contribution in [2.24, 2.45) is 5.41 Å². The summed E-state index contributed by atoms with van der Waals surface area (Å²) >= 11 is 0. The molecule has 0 spiro atoms. The minimum Gasteiger partial charge on any atom is -0.303 e. The number of rotatable bonds is 7. The molecule has 12 heavy (non-hydrogen) atoms. The van der Waals surface area contributed by atoms with Crippen LogP contribution in [-0.2, 0) is 4.79 Å². The average Bonchev–Trinajstić information content (AvgIpc) is 2.12. The highest BCUT2D eigenvalue weighted by Gasteiger charge is 2.19. The van der Waals surface area contributed by atoms with Gasteiger partial charge in [-0.15, -0.1) is 0 Å². The number of hydrogen-bond donors (Lipinski definition) is 0. The van der Waals surface area contributed by atoms with Gasteiger partial charge in [0.05, 0.1) is 0 Å². The highest BCUT2D eigenvalue weighted by atomic mass is 16.1. The lowest BCUT2D eigenvalue weighted by Gasteiger charge is -2.20. The van der Waals surface area contributed by atoms with E-state index in [1.165, 1.54) is 25.7 Å². The number of carbonyl (C=O) groups excluding carboxylic acids is 1. The van der Waals surface area contributed by atoms with Crippen LogP contribution < -0.4 is 0 Å². The van der Waals surface area contributed by atoms with Gasteiger partial charge in [-0.3, -0.25) is 0 Å². The molecule has 0 bridgehead atoms. The number of hydrogen-bond acceptors (Lipinski definition) is 1. The first-order valence-electron chi connectivity index (χ1n) is 5.15. The summed E-state index contributed by atoms with van der Waals surface area (Å²) in [6.45, 7) is 6.36. The molecule has 0 heterocycles. The molecular formula is C11H22O. The summed E-state index contributed by atoms with van der Waals surface area (Å²) in [4.78, 5) is 10.7. The van der Waals surface area contributed by atoms with Gasteiger partial charge in [-0.05, 0) is 12.8 Å². The molecule has 72 valence electrons. The van der Waals surface area contributed by atoms with Crippen molar-refractivity contribution in [3.63, 3.8) is 0 Å². The lowest BCUT2D eigenvalue weighted by Crippen LogP contribution is -2.16. The van der Waals surface area contributed by atoms with Crippen molar-refractivity contribution in [2.45, 2.75) is 59.3 Å². The van der Waals surface area contributed by atoms with E-state index in [9.17, 15) is 4.79 Å². The van der Waals surface area contributed by atoms with E-state index in [4.69, 9.17) is 0 Å². The summed E-state index contributed by atoms with van der Waals surface area (Å²) in [5.41, 5.74) is -0.0479. The fourth-order valence-electron chi connectivity index (χ4n) is 1.27. The Balaban J connectivity index is 3.51. The molecular weight excluding hydrogens is 148 g/mol. The first kappa shape index (κ1) is 11.7. The second-order valence-electron chi connectivity index (χ2n) is 3.94.